The van der Waals surface area contributed by atoms with Gasteiger partial charge in [-0.2, -0.15) is 5.10 Å². The first kappa shape index (κ1) is 16.2. The third-order valence-corrected chi connectivity index (χ3v) is 4.99. The Morgan fingerprint density at radius 3 is 2.88 bits per heavy atom. The Hall–Kier alpha value is -2.24. The molecule has 1 aliphatic rings. The fraction of sp³-hybridized carbons (Fsp3) is 0.400. The minimum Gasteiger partial charge on any atom is -0.383 e. The van der Waals surface area contributed by atoms with Crippen LogP contribution in [0.4, 0.5) is 0 Å². The van der Waals surface area contributed by atoms with E-state index >= 15 is 0 Å². The molecule has 1 saturated heterocycles. The van der Waals surface area contributed by atoms with Crippen LogP contribution in [0.25, 0.3) is 16.8 Å². The Bertz CT molecular complexity index is 828. The fourth-order valence-corrected chi connectivity index (χ4v) is 3.70. The molecule has 0 unspecified atom stereocenters. The van der Waals surface area contributed by atoms with Crippen LogP contribution in [0.5, 0.6) is 0 Å². The molecule has 0 aliphatic carbocycles. The van der Waals surface area contributed by atoms with E-state index in [0.717, 1.165) is 36.5 Å². The van der Waals surface area contributed by atoms with E-state index < -0.39 is 0 Å². The number of piperidine rings is 1. The van der Waals surface area contributed by atoms with Gasteiger partial charge in [-0.15, -0.1) is 0 Å². The average molecular weight is 336 g/mol. The quantitative estimate of drug-likeness (QED) is 0.716. The Morgan fingerprint density at radius 2 is 2.04 bits per heavy atom. The van der Waals surface area contributed by atoms with Crippen molar-refractivity contribution in [1.82, 2.24) is 19.5 Å². The maximum Gasteiger partial charge on any atom is 0.162 e. The summed E-state index contributed by atoms with van der Waals surface area (Å²) in [6.07, 6.45) is 9.76. The predicted octanol–water partition coefficient (Wildman–Crippen LogP) is 3.40. The molecule has 3 heterocycles. The van der Waals surface area contributed by atoms with Crippen LogP contribution >= 0.6 is 0 Å². The highest BCUT2D eigenvalue weighted by atomic mass is 16.5. The van der Waals surface area contributed by atoms with Crippen molar-refractivity contribution in [2.75, 3.05) is 20.3 Å². The van der Waals surface area contributed by atoms with Gasteiger partial charge in [0.25, 0.3) is 0 Å². The number of benzene rings is 1. The summed E-state index contributed by atoms with van der Waals surface area (Å²) in [5, 5.41) is 4.52. The number of nitrogens with zero attached hydrogens (tertiary/aromatic N) is 4. The van der Waals surface area contributed by atoms with Crippen LogP contribution in [0.2, 0.25) is 0 Å². The molecule has 25 heavy (non-hydrogen) atoms. The lowest BCUT2D eigenvalue weighted by Gasteiger charge is -2.35. The summed E-state index contributed by atoms with van der Waals surface area (Å²) in [5.74, 6) is 0. The van der Waals surface area contributed by atoms with Crippen molar-refractivity contribution >= 4 is 5.65 Å². The number of rotatable bonds is 5. The lowest BCUT2D eigenvalue weighted by Crippen LogP contribution is -2.41. The van der Waals surface area contributed by atoms with E-state index in [2.05, 4.69) is 28.3 Å². The summed E-state index contributed by atoms with van der Waals surface area (Å²) in [7, 11) is 1.79. The number of aromatic nitrogens is 3. The minimum absolute atomic E-state index is 0.506. The molecule has 3 aromatic rings. The maximum absolute atomic E-state index is 5.40. The van der Waals surface area contributed by atoms with E-state index in [4.69, 9.17) is 9.72 Å². The zero-order valence-corrected chi connectivity index (χ0v) is 14.6. The Balaban J connectivity index is 1.58. The Kier molecular flexibility index (Phi) is 4.76. The molecule has 2 aromatic heterocycles. The summed E-state index contributed by atoms with van der Waals surface area (Å²) in [5.41, 5.74) is 4.32. The number of methoxy groups -OCH3 is 1. The van der Waals surface area contributed by atoms with Gasteiger partial charge >= 0.3 is 0 Å². The van der Waals surface area contributed by atoms with Gasteiger partial charge in [-0.25, -0.2) is 9.50 Å². The highest BCUT2D eigenvalue weighted by Crippen LogP contribution is 2.24. The maximum atomic E-state index is 5.40. The van der Waals surface area contributed by atoms with Gasteiger partial charge in [0.15, 0.2) is 5.65 Å². The molecule has 0 bridgehead atoms. The SMILES string of the molecule is COC[C@H]1CCCCN1Cc1cnc2c(-c3ccccc3)cnn2c1. The molecule has 0 saturated carbocycles. The van der Waals surface area contributed by atoms with E-state index in [0.29, 0.717) is 6.04 Å². The van der Waals surface area contributed by atoms with Gasteiger partial charge < -0.3 is 4.74 Å². The molecule has 5 nitrogen and oxygen atoms in total. The molecule has 1 atom stereocenters. The molecule has 5 heteroatoms. The van der Waals surface area contributed by atoms with E-state index in [1.54, 1.807) is 7.11 Å². The van der Waals surface area contributed by atoms with Crippen molar-refractivity contribution in [3.05, 3.63) is 54.5 Å². The van der Waals surface area contributed by atoms with Crippen LogP contribution in [-0.2, 0) is 11.3 Å². The van der Waals surface area contributed by atoms with Gasteiger partial charge in [0.1, 0.15) is 0 Å². The van der Waals surface area contributed by atoms with Gasteiger partial charge in [0, 0.05) is 43.2 Å². The number of fused-ring (bicyclic) bond motifs is 1. The van der Waals surface area contributed by atoms with Gasteiger partial charge in [-0.05, 0) is 24.9 Å². The van der Waals surface area contributed by atoms with Gasteiger partial charge in [0.05, 0.1) is 12.8 Å². The first-order valence-electron chi connectivity index (χ1n) is 8.96. The van der Waals surface area contributed by atoms with Crippen molar-refractivity contribution in [2.24, 2.45) is 0 Å². The molecular weight excluding hydrogens is 312 g/mol. The summed E-state index contributed by atoms with van der Waals surface area (Å²) in [4.78, 5) is 7.21. The predicted molar refractivity (Wildman–Crippen MR) is 98.3 cm³/mol. The van der Waals surface area contributed by atoms with E-state index in [1.807, 2.05) is 35.1 Å². The van der Waals surface area contributed by atoms with Crippen molar-refractivity contribution in [3.8, 4) is 11.1 Å². The molecule has 130 valence electrons. The molecule has 1 aliphatic heterocycles. The zero-order chi connectivity index (χ0) is 17.1. The largest absolute Gasteiger partial charge is 0.383 e. The van der Waals surface area contributed by atoms with Crippen molar-refractivity contribution in [2.45, 2.75) is 31.8 Å². The number of hydrogen-bond acceptors (Lipinski definition) is 4. The van der Waals surface area contributed by atoms with Crippen LogP contribution < -0.4 is 0 Å². The standard InChI is InChI=1S/C20H24N4O/c1-25-15-18-9-5-6-10-23(18)13-16-11-21-20-19(12-22-24(20)14-16)17-7-3-2-4-8-17/h2-4,7-8,11-12,14,18H,5-6,9-10,13,15H2,1H3/t18-/m1/s1. The van der Waals surface area contributed by atoms with Crippen molar-refractivity contribution in [3.63, 3.8) is 0 Å². The van der Waals surface area contributed by atoms with E-state index in [9.17, 15) is 0 Å². The summed E-state index contributed by atoms with van der Waals surface area (Å²) < 4.78 is 7.29. The van der Waals surface area contributed by atoms with Crippen molar-refractivity contribution in [1.29, 1.82) is 0 Å². The normalized spacial score (nSPS) is 18.7. The van der Waals surface area contributed by atoms with Crippen LogP contribution in [-0.4, -0.2) is 45.8 Å². The van der Waals surface area contributed by atoms with Gasteiger partial charge in [-0.1, -0.05) is 36.8 Å². The number of ether oxygens (including phenoxy) is 1. The molecule has 0 N–H and O–H groups in total. The number of likely N-dealkylation sites (tertiary alicyclic amines) is 1. The second kappa shape index (κ2) is 7.33. The lowest BCUT2D eigenvalue weighted by molar-refractivity contribution is 0.0599. The molecule has 0 amide bonds. The average Bonchev–Trinajstić information content (AvgIpc) is 3.07. The second-order valence-corrected chi connectivity index (χ2v) is 6.73. The Labute approximate surface area is 148 Å². The summed E-state index contributed by atoms with van der Waals surface area (Å²) in [6, 6.07) is 10.8. The van der Waals surface area contributed by atoms with Crippen LogP contribution in [0, 0.1) is 0 Å². The highest BCUT2D eigenvalue weighted by Gasteiger charge is 2.22. The highest BCUT2D eigenvalue weighted by molar-refractivity contribution is 5.76. The molecule has 4 rings (SSSR count). The van der Waals surface area contributed by atoms with Crippen LogP contribution in [0.3, 0.4) is 0 Å². The lowest BCUT2D eigenvalue weighted by atomic mass is 10.0. The van der Waals surface area contributed by atoms with Crippen LogP contribution in [0.1, 0.15) is 24.8 Å². The topological polar surface area (TPSA) is 42.7 Å². The summed E-state index contributed by atoms with van der Waals surface area (Å²) >= 11 is 0. The van der Waals surface area contributed by atoms with Gasteiger partial charge in [0.2, 0.25) is 0 Å². The fourth-order valence-electron chi connectivity index (χ4n) is 3.70. The molecule has 1 fully saturated rings. The second-order valence-electron chi connectivity index (χ2n) is 6.73. The van der Waals surface area contributed by atoms with Crippen molar-refractivity contribution < 1.29 is 4.74 Å². The first-order valence-corrected chi connectivity index (χ1v) is 8.96. The molecule has 0 spiro atoms. The first-order chi connectivity index (χ1) is 12.3. The Morgan fingerprint density at radius 1 is 1.16 bits per heavy atom. The minimum atomic E-state index is 0.506. The third kappa shape index (κ3) is 3.43. The zero-order valence-electron chi connectivity index (χ0n) is 14.6. The van der Waals surface area contributed by atoms with E-state index in [1.165, 1.54) is 24.8 Å². The summed E-state index contributed by atoms with van der Waals surface area (Å²) in [6.45, 7) is 2.83. The third-order valence-electron chi connectivity index (χ3n) is 4.99. The van der Waals surface area contributed by atoms with Crippen LogP contribution in [0.15, 0.2) is 48.9 Å². The van der Waals surface area contributed by atoms with Gasteiger partial charge in [-0.3, -0.25) is 4.90 Å². The molecule has 0 radical (unpaired) electrons. The van der Waals surface area contributed by atoms with E-state index in [-0.39, 0.29) is 0 Å². The molecular formula is C20H24N4O. The molecule has 1 aromatic carbocycles. The number of hydrogen-bond donors (Lipinski definition) is 0. The monoisotopic (exact) mass is 336 g/mol. The smallest absolute Gasteiger partial charge is 0.162 e.